The number of anilines is 2. The van der Waals surface area contributed by atoms with E-state index in [2.05, 4.69) is 30.5 Å². The second-order valence-corrected chi connectivity index (χ2v) is 5.96. The van der Waals surface area contributed by atoms with Crippen molar-refractivity contribution in [1.82, 2.24) is 29.9 Å². The molecular formula is C18H17FN8O. The molecule has 0 aliphatic carbocycles. The molecule has 0 unspecified atom stereocenters. The summed E-state index contributed by atoms with van der Waals surface area (Å²) in [6, 6.07) is 7.73. The number of nitrogens with one attached hydrogen (secondary N) is 1. The maximum absolute atomic E-state index is 13.0. The quantitative estimate of drug-likeness (QED) is 0.469. The average molecular weight is 380 g/mol. The van der Waals surface area contributed by atoms with E-state index in [0.717, 1.165) is 6.42 Å². The van der Waals surface area contributed by atoms with Crippen LogP contribution in [-0.4, -0.2) is 36.4 Å². The number of nitrogens with two attached hydrogens (primary N) is 1. The van der Waals surface area contributed by atoms with E-state index in [4.69, 9.17) is 10.3 Å². The fourth-order valence-electron chi connectivity index (χ4n) is 2.62. The molecule has 142 valence electrons. The molecule has 4 rings (SSSR count). The maximum atomic E-state index is 13.0. The lowest BCUT2D eigenvalue weighted by atomic mass is 10.2. The van der Waals surface area contributed by atoms with Crippen molar-refractivity contribution >= 4 is 11.5 Å². The second kappa shape index (κ2) is 7.82. The third-order valence-electron chi connectivity index (χ3n) is 4.01. The summed E-state index contributed by atoms with van der Waals surface area (Å²) >= 11 is 0. The Bertz CT molecular complexity index is 1050. The predicted molar refractivity (Wildman–Crippen MR) is 100 cm³/mol. The normalized spacial score (nSPS) is 10.9. The summed E-state index contributed by atoms with van der Waals surface area (Å²) in [6.07, 6.45) is 6.16. The topological polar surface area (TPSA) is 121 Å². The van der Waals surface area contributed by atoms with Gasteiger partial charge in [0, 0.05) is 30.9 Å². The summed E-state index contributed by atoms with van der Waals surface area (Å²) in [5.74, 6) is 1.69. The third kappa shape index (κ3) is 3.80. The zero-order chi connectivity index (χ0) is 19.3. The van der Waals surface area contributed by atoms with E-state index in [1.165, 1.54) is 18.5 Å². The van der Waals surface area contributed by atoms with Gasteiger partial charge in [-0.1, -0.05) is 5.16 Å². The highest BCUT2D eigenvalue weighted by Crippen LogP contribution is 2.21. The molecule has 0 saturated carbocycles. The highest BCUT2D eigenvalue weighted by molar-refractivity contribution is 5.68. The van der Waals surface area contributed by atoms with E-state index < -0.39 is 0 Å². The summed E-state index contributed by atoms with van der Waals surface area (Å²) in [6.45, 7) is 0.605. The smallest absolute Gasteiger partial charge is 0.227 e. The number of nitrogen functional groups attached to an aromatic ring is 1. The molecule has 28 heavy (non-hydrogen) atoms. The minimum atomic E-state index is -0.307. The van der Waals surface area contributed by atoms with Gasteiger partial charge in [0.25, 0.3) is 0 Å². The Morgan fingerprint density at radius 1 is 1.18 bits per heavy atom. The Morgan fingerprint density at radius 2 is 2.04 bits per heavy atom. The highest BCUT2D eigenvalue weighted by atomic mass is 19.1. The minimum absolute atomic E-state index is 0.307. The number of hydrogen-bond donors (Lipinski definition) is 2. The standard InChI is InChI=1S/C18H17FN8O/c19-13-6-4-12(5-7-13)16-25-14(28-26-16)3-1-8-21-17-15(20)18(23-11-22-17)27-10-2-9-24-27/h2,4-7,9-11H,1,3,8,20H2,(H,21,22,23). The van der Waals surface area contributed by atoms with Crippen molar-refractivity contribution in [2.24, 2.45) is 0 Å². The van der Waals surface area contributed by atoms with Crippen LogP contribution in [0.2, 0.25) is 0 Å². The first-order chi connectivity index (χ1) is 13.7. The van der Waals surface area contributed by atoms with Crippen LogP contribution in [0.3, 0.4) is 0 Å². The zero-order valence-corrected chi connectivity index (χ0v) is 14.8. The Morgan fingerprint density at radius 3 is 2.82 bits per heavy atom. The van der Waals surface area contributed by atoms with Gasteiger partial charge < -0.3 is 15.6 Å². The first kappa shape index (κ1) is 17.6. The van der Waals surface area contributed by atoms with Gasteiger partial charge in [0.1, 0.15) is 17.8 Å². The third-order valence-corrected chi connectivity index (χ3v) is 4.01. The molecule has 4 aromatic rings. The fraction of sp³-hybridized carbons (Fsp3) is 0.167. The number of benzene rings is 1. The van der Waals surface area contributed by atoms with E-state index in [-0.39, 0.29) is 5.82 Å². The van der Waals surface area contributed by atoms with Gasteiger partial charge in [-0.25, -0.2) is 19.0 Å². The lowest BCUT2D eigenvalue weighted by Crippen LogP contribution is -2.11. The molecule has 0 aliphatic rings. The molecule has 0 radical (unpaired) electrons. The first-order valence-electron chi connectivity index (χ1n) is 8.63. The van der Waals surface area contributed by atoms with Crippen molar-refractivity contribution in [3.8, 4) is 17.2 Å². The molecule has 0 saturated heterocycles. The Balaban J connectivity index is 1.33. The van der Waals surface area contributed by atoms with Gasteiger partial charge >= 0.3 is 0 Å². The predicted octanol–water partition coefficient (Wildman–Crippen LogP) is 2.48. The summed E-state index contributed by atoms with van der Waals surface area (Å²) in [7, 11) is 0. The largest absolute Gasteiger partial charge is 0.393 e. The molecule has 0 aliphatic heterocycles. The van der Waals surface area contributed by atoms with E-state index in [1.54, 1.807) is 35.3 Å². The van der Waals surface area contributed by atoms with Crippen molar-refractivity contribution in [2.45, 2.75) is 12.8 Å². The molecule has 0 fully saturated rings. The average Bonchev–Trinajstić information content (AvgIpc) is 3.39. The number of rotatable bonds is 7. The van der Waals surface area contributed by atoms with Crippen LogP contribution in [0.25, 0.3) is 17.2 Å². The molecule has 3 heterocycles. The molecular weight excluding hydrogens is 363 g/mol. The monoisotopic (exact) mass is 380 g/mol. The van der Waals surface area contributed by atoms with Crippen LogP contribution in [-0.2, 0) is 6.42 Å². The highest BCUT2D eigenvalue weighted by Gasteiger charge is 2.11. The summed E-state index contributed by atoms with van der Waals surface area (Å²) < 4.78 is 19.8. The number of aryl methyl sites for hydroxylation is 1. The van der Waals surface area contributed by atoms with Gasteiger partial charge in [0.15, 0.2) is 11.6 Å². The van der Waals surface area contributed by atoms with Crippen LogP contribution < -0.4 is 11.1 Å². The molecule has 3 aromatic heterocycles. The first-order valence-corrected chi connectivity index (χ1v) is 8.63. The van der Waals surface area contributed by atoms with E-state index in [0.29, 0.717) is 47.6 Å². The van der Waals surface area contributed by atoms with Crippen molar-refractivity contribution in [1.29, 1.82) is 0 Å². The van der Waals surface area contributed by atoms with E-state index in [9.17, 15) is 4.39 Å². The summed E-state index contributed by atoms with van der Waals surface area (Å²) in [5, 5.41) is 11.2. The van der Waals surface area contributed by atoms with E-state index >= 15 is 0 Å². The molecule has 0 amide bonds. The molecule has 9 nitrogen and oxygen atoms in total. The van der Waals surface area contributed by atoms with Gasteiger partial charge in [0.2, 0.25) is 11.7 Å². The lowest BCUT2D eigenvalue weighted by Gasteiger charge is -2.10. The van der Waals surface area contributed by atoms with Gasteiger partial charge in [-0.05, 0) is 36.8 Å². The molecule has 10 heteroatoms. The summed E-state index contributed by atoms with van der Waals surface area (Å²) in [5.41, 5.74) is 7.25. The fourth-order valence-corrected chi connectivity index (χ4v) is 2.62. The van der Waals surface area contributed by atoms with Gasteiger partial charge in [-0.2, -0.15) is 10.1 Å². The van der Waals surface area contributed by atoms with Gasteiger partial charge in [0.05, 0.1) is 0 Å². The molecule has 0 atom stereocenters. The van der Waals surface area contributed by atoms with Crippen LogP contribution in [0.15, 0.2) is 53.6 Å². The maximum Gasteiger partial charge on any atom is 0.227 e. The van der Waals surface area contributed by atoms with Crippen LogP contribution in [0.1, 0.15) is 12.3 Å². The van der Waals surface area contributed by atoms with Crippen molar-refractivity contribution in [2.75, 3.05) is 17.6 Å². The number of halogens is 1. The van der Waals surface area contributed by atoms with Crippen LogP contribution in [0.5, 0.6) is 0 Å². The number of nitrogens with zero attached hydrogens (tertiary/aromatic N) is 6. The SMILES string of the molecule is Nc1c(NCCCc2nc(-c3ccc(F)cc3)no2)ncnc1-n1cccn1. The Labute approximate surface area is 159 Å². The van der Waals surface area contributed by atoms with Crippen molar-refractivity contribution < 1.29 is 8.91 Å². The van der Waals surface area contributed by atoms with Crippen molar-refractivity contribution in [3.63, 3.8) is 0 Å². The van der Waals surface area contributed by atoms with E-state index in [1.807, 2.05) is 0 Å². The van der Waals surface area contributed by atoms with Crippen LogP contribution in [0, 0.1) is 5.82 Å². The molecule has 1 aromatic carbocycles. The van der Waals surface area contributed by atoms with Crippen molar-refractivity contribution in [3.05, 3.63) is 60.8 Å². The summed E-state index contributed by atoms with van der Waals surface area (Å²) in [4.78, 5) is 12.7. The zero-order valence-electron chi connectivity index (χ0n) is 14.8. The second-order valence-electron chi connectivity index (χ2n) is 5.96. The van der Waals surface area contributed by atoms with Crippen LogP contribution in [0.4, 0.5) is 15.9 Å². The van der Waals surface area contributed by atoms with Gasteiger partial charge in [-0.3, -0.25) is 0 Å². The Hall–Kier alpha value is -3.82. The molecule has 3 N–H and O–H groups in total. The van der Waals surface area contributed by atoms with Gasteiger partial charge in [-0.15, -0.1) is 0 Å². The molecule has 0 spiro atoms. The Kier molecular flexibility index (Phi) is 4.91. The number of aromatic nitrogens is 6. The molecule has 0 bridgehead atoms. The lowest BCUT2D eigenvalue weighted by molar-refractivity contribution is 0.377. The number of hydrogen-bond acceptors (Lipinski definition) is 8. The minimum Gasteiger partial charge on any atom is -0.393 e. The van der Waals surface area contributed by atoms with Crippen LogP contribution >= 0.6 is 0 Å².